The zero-order valence-electron chi connectivity index (χ0n) is 13.6. The topological polar surface area (TPSA) is 43.8 Å². The lowest BCUT2D eigenvalue weighted by Crippen LogP contribution is -2.35. The van der Waals surface area contributed by atoms with E-state index in [1.165, 1.54) is 5.56 Å². The van der Waals surface area contributed by atoms with E-state index in [0.717, 1.165) is 19.5 Å². The van der Waals surface area contributed by atoms with Gasteiger partial charge < -0.3 is 10.0 Å². The Balaban J connectivity index is 2.72. The molecule has 0 fully saturated rings. The van der Waals surface area contributed by atoms with E-state index < -0.39 is 5.97 Å². The summed E-state index contributed by atoms with van der Waals surface area (Å²) in [5.41, 5.74) is 1.24. The van der Waals surface area contributed by atoms with Crippen LogP contribution in [-0.2, 0) is 4.79 Å². The second-order valence-corrected chi connectivity index (χ2v) is 5.98. The summed E-state index contributed by atoms with van der Waals surface area (Å²) in [6.07, 6.45) is 1.04. The van der Waals surface area contributed by atoms with E-state index in [1.54, 1.807) is 6.92 Å². The van der Waals surface area contributed by atoms with Crippen molar-refractivity contribution in [1.82, 2.24) is 9.80 Å². The Bertz CT molecular complexity index is 420. The highest BCUT2D eigenvalue weighted by Crippen LogP contribution is 2.21. The predicted molar refractivity (Wildman–Crippen MR) is 86.4 cm³/mol. The van der Waals surface area contributed by atoms with Crippen molar-refractivity contribution in [2.24, 2.45) is 5.92 Å². The molecule has 0 spiro atoms. The van der Waals surface area contributed by atoms with Crippen LogP contribution >= 0.6 is 0 Å². The van der Waals surface area contributed by atoms with Crippen molar-refractivity contribution in [2.75, 3.05) is 33.7 Å². The molecule has 0 heterocycles. The first kappa shape index (κ1) is 17.7. The van der Waals surface area contributed by atoms with Gasteiger partial charge in [-0.3, -0.25) is 9.69 Å². The molecule has 4 heteroatoms. The van der Waals surface area contributed by atoms with Crippen molar-refractivity contribution >= 4 is 5.97 Å². The van der Waals surface area contributed by atoms with Crippen LogP contribution in [0.1, 0.15) is 31.9 Å². The number of nitrogens with zero attached hydrogens (tertiary/aromatic N) is 2. The van der Waals surface area contributed by atoms with Crippen molar-refractivity contribution in [3.63, 3.8) is 0 Å². The number of hydrogen-bond donors (Lipinski definition) is 1. The fraction of sp³-hybridized carbons (Fsp3) is 0.588. The normalized spacial score (nSPS) is 14.4. The van der Waals surface area contributed by atoms with Gasteiger partial charge >= 0.3 is 5.97 Å². The van der Waals surface area contributed by atoms with Crippen molar-refractivity contribution in [2.45, 2.75) is 26.3 Å². The summed E-state index contributed by atoms with van der Waals surface area (Å²) < 4.78 is 0. The van der Waals surface area contributed by atoms with Gasteiger partial charge in [0.25, 0.3) is 0 Å². The van der Waals surface area contributed by atoms with Gasteiger partial charge in [-0.25, -0.2) is 0 Å². The number of aliphatic carboxylic acids is 1. The van der Waals surface area contributed by atoms with Gasteiger partial charge in [-0.05, 0) is 46.1 Å². The van der Waals surface area contributed by atoms with Crippen LogP contribution in [0.5, 0.6) is 0 Å². The van der Waals surface area contributed by atoms with Crippen molar-refractivity contribution < 1.29 is 9.90 Å². The maximum Gasteiger partial charge on any atom is 0.307 e. The quantitative estimate of drug-likeness (QED) is 0.760. The van der Waals surface area contributed by atoms with E-state index in [4.69, 9.17) is 5.11 Å². The van der Waals surface area contributed by atoms with Crippen molar-refractivity contribution in [3.05, 3.63) is 35.9 Å². The lowest BCUT2D eigenvalue weighted by atomic mass is 10.0. The van der Waals surface area contributed by atoms with E-state index >= 15 is 0 Å². The Morgan fingerprint density at radius 1 is 1.14 bits per heavy atom. The van der Waals surface area contributed by atoms with E-state index in [-0.39, 0.29) is 12.0 Å². The van der Waals surface area contributed by atoms with Crippen LogP contribution in [0.25, 0.3) is 0 Å². The van der Waals surface area contributed by atoms with E-state index in [0.29, 0.717) is 6.54 Å². The van der Waals surface area contributed by atoms with Crippen molar-refractivity contribution in [3.8, 4) is 0 Å². The number of rotatable bonds is 9. The lowest BCUT2D eigenvalue weighted by Gasteiger charge is -2.31. The van der Waals surface area contributed by atoms with Gasteiger partial charge in [-0.15, -0.1) is 0 Å². The molecular formula is C17H28N2O2. The van der Waals surface area contributed by atoms with Gasteiger partial charge in [0.1, 0.15) is 0 Å². The first-order chi connectivity index (χ1) is 9.91. The van der Waals surface area contributed by atoms with Gasteiger partial charge in [-0.2, -0.15) is 0 Å². The number of hydrogen-bond acceptors (Lipinski definition) is 3. The molecule has 1 aromatic carbocycles. The summed E-state index contributed by atoms with van der Waals surface area (Å²) in [5.74, 6) is -1.08. The van der Waals surface area contributed by atoms with Crippen LogP contribution in [-0.4, -0.2) is 54.6 Å². The summed E-state index contributed by atoms with van der Waals surface area (Å²) in [5, 5.41) is 9.16. The molecule has 0 aliphatic carbocycles. The molecule has 0 aromatic heterocycles. The molecule has 2 unspecified atom stereocenters. The molecule has 2 atom stereocenters. The van der Waals surface area contributed by atoms with E-state index in [1.807, 2.05) is 18.2 Å². The third-order valence-electron chi connectivity index (χ3n) is 3.81. The molecule has 4 nitrogen and oxygen atoms in total. The lowest BCUT2D eigenvalue weighted by molar-refractivity contribution is -0.141. The molecule has 1 N–H and O–H groups in total. The van der Waals surface area contributed by atoms with Gasteiger partial charge in [0, 0.05) is 12.6 Å². The maximum atomic E-state index is 11.1. The van der Waals surface area contributed by atoms with E-state index in [9.17, 15) is 4.79 Å². The predicted octanol–water partition coefficient (Wildman–Crippen LogP) is 2.72. The molecule has 118 valence electrons. The highest BCUT2D eigenvalue weighted by molar-refractivity contribution is 5.69. The summed E-state index contributed by atoms with van der Waals surface area (Å²) in [6.45, 7) is 6.43. The first-order valence-electron chi connectivity index (χ1n) is 7.58. The number of benzene rings is 1. The monoisotopic (exact) mass is 292 g/mol. The average Bonchev–Trinajstić information content (AvgIpc) is 2.45. The number of carbonyl (C=O) groups is 1. The average molecular weight is 292 g/mol. The summed E-state index contributed by atoms with van der Waals surface area (Å²) >= 11 is 0. The van der Waals surface area contributed by atoms with Gasteiger partial charge in [0.05, 0.1) is 5.92 Å². The largest absolute Gasteiger partial charge is 0.481 e. The molecule has 0 amide bonds. The second kappa shape index (κ2) is 8.80. The molecule has 0 saturated heterocycles. The zero-order valence-corrected chi connectivity index (χ0v) is 13.6. The van der Waals surface area contributed by atoms with Gasteiger partial charge in [-0.1, -0.05) is 37.3 Å². The molecule has 0 radical (unpaired) electrons. The van der Waals surface area contributed by atoms with E-state index in [2.05, 4.69) is 43.0 Å². The summed E-state index contributed by atoms with van der Waals surface area (Å²) in [7, 11) is 4.12. The first-order valence-corrected chi connectivity index (χ1v) is 7.58. The molecule has 1 aromatic rings. The van der Waals surface area contributed by atoms with Crippen LogP contribution in [0.15, 0.2) is 30.3 Å². The molecule has 1 rings (SSSR count). The second-order valence-electron chi connectivity index (χ2n) is 5.98. The molecular weight excluding hydrogens is 264 g/mol. The molecule has 0 aliphatic rings. The third-order valence-corrected chi connectivity index (χ3v) is 3.81. The standard InChI is InChI=1S/C17H28N2O2/c1-14(17(20)21)13-19(12-8-11-18(3)4)15(2)16-9-6-5-7-10-16/h5-7,9-10,14-15H,8,11-13H2,1-4H3,(H,20,21). The molecule has 0 bridgehead atoms. The third kappa shape index (κ3) is 6.27. The number of carboxylic acid groups (broad SMARTS) is 1. The fourth-order valence-corrected chi connectivity index (χ4v) is 2.41. The highest BCUT2D eigenvalue weighted by atomic mass is 16.4. The van der Waals surface area contributed by atoms with Crippen LogP contribution in [0, 0.1) is 5.92 Å². The van der Waals surface area contributed by atoms with Crippen molar-refractivity contribution in [1.29, 1.82) is 0 Å². The zero-order chi connectivity index (χ0) is 15.8. The van der Waals surface area contributed by atoms with Crippen LogP contribution in [0.3, 0.4) is 0 Å². The Morgan fingerprint density at radius 2 is 1.76 bits per heavy atom. The minimum Gasteiger partial charge on any atom is -0.481 e. The Kier molecular flexibility index (Phi) is 7.40. The number of carboxylic acids is 1. The van der Waals surface area contributed by atoms with Gasteiger partial charge in [0.2, 0.25) is 0 Å². The molecule has 0 aliphatic heterocycles. The Morgan fingerprint density at radius 3 is 2.29 bits per heavy atom. The van der Waals surface area contributed by atoms with Crippen LogP contribution in [0.4, 0.5) is 0 Å². The van der Waals surface area contributed by atoms with Gasteiger partial charge in [0.15, 0.2) is 0 Å². The highest BCUT2D eigenvalue weighted by Gasteiger charge is 2.21. The smallest absolute Gasteiger partial charge is 0.307 e. The Labute approximate surface area is 128 Å². The maximum absolute atomic E-state index is 11.1. The Hall–Kier alpha value is -1.39. The fourth-order valence-electron chi connectivity index (χ4n) is 2.41. The summed E-state index contributed by atoms with van der Waals surface area (Å²) in [6, 6.07) is 10.5. The SMILES string of the molecule is CC(CN(CCCN(C)C)C(C)c1ccccc1)C(=O)O. The van der Waals surface area contributed by atoms with Crippen LogP contribution < -0.4 is 0 Å². The van der Waals surface area contributed by atoms with Crippen LogP contribution in [0.2, 0.25) is 0 Å². The summed E-state index contributed by atoms with van der Waals surface area (Å²) in [4.78, 5) is 15.6. The molecule has 0 saturated carbocycles. The molecule has 21 heavy (non-hydrogen) atoms. The minimum atomic E-state index is -0.729. The minimum absolute atomic E-state index is 0.232.